The van der Waals surface area contributed by atoms with Gasteiger partial charge in [0.1, 0.15) is 12.2 Å². The van der Waals surface area contributed by atoms with Crippen LogP contribution in [-0.2, 0) is 6.54 Å². The van der Waals surface area contributed by atoms with E-state index in [0.717, 1.165) is 18.3 Å². The van der Waals surface area contributed by atoms with Gasteiger partial charge in [0.15, 0.2) is 0 Å². The van der Waals surface area contributed by atoms with Crippen LogP contribution >= 0.6 is 0 Å². The van der Waals surface area contributed by atoms with Crippen LogP contribution in [0, 0.1) is 0 Å². The first-order valence-electron chi connectivity index (χ1n) is 6.04. The molecule has 1 aromatic heterocycles. The summed E-state index contributed by atoms with van der Waals surface area (Å²) in [4.78, 5) is 4.09. The van der Waals surface area contributed by atoms with Crippen LogP contribution in [0.3, 0.4) is 0 Å². The maximum absolute atomic E-state index is 4.09. The van der Waals surface area contributed by atoms with E-state index in [1.807, 2.05) is 0 Å². The molecule has 1 aliphatic carbocycles. The SMILES string of the molecule is c1ccc(C2CC(NCc3ncn[nH]3)C2)cc1. The number of benzene rings is 1. The van der Waals surface area contributed by atoms with Gasteiger partial charge in [-0.15, -0.1) is 0 Å². The summed E-state index contributed by atoms with van der Waals surface area (Å²) in [5.41, 5.74) is 1.46. The van der Waals surface area contributed by atoms with Crippen molar-refractivity contribution < 1.29 is 0 Å². The first kappa shape index (κ1) is 10.5. The smallest absolute Gasteiger partial charge is 0.138 e. The highest BCUT2D eigenvalue weighted by molar-refractivity contribution is 5.22. The van der Waals surface area contributed by atoms with Crippen LogP contribution in [-0.4, -0.2) is 21.2 Å². The van der Waals surface area contributed by atoms with E-state index in [2.05, 4.69) is 50.8 Å². The van der Waals surface area contributed by atoms with Gasteiger partial charge in [-0.05, 0) is 24.3 Å². The summed E-state index contributed by atoms with van der Waals surface area (Å²) in [5.74, 6) is 1.64. The fourth-order valence-corrected chi connectivity index (χ4v) is 2.34. The van der Waals surface area contributed by atoms with Gasteiger partial charge in [0.25, 0.3) is 0 Å². The molecule has 0 bridgehead atoms. The summed E-state index contributed by atoms with van der Waals surface area (Å²) in [6.45, 7) is 0.784. The standard InChI is InChI=1S/C13H16N4/c1-2-4-10(5-3-1)11-6-12(7-11)14-8-13-15-9-16-17-13/h1-5,9,11-12,14H,6-8H2,(H,15,16,17). The monoisotopic (exact) mass is 228 g/mol. The van der Waals surface area contributed by atoms with Gasteiger partial charge in [-0.1, -0.05) is 30.3 Å². The van der Waals surface area contributed by atoms with Crippen molar-refractivity contribution in [3.63, 3.8) is 0 Å². The van der Waals surface area contributed by atoms with Crippen LogP contribution in [0.15, 0.2) is 36.7 Å². The molecule has 4 nitrogen and oxygen atoms in total. The Kier molecular flexibility index (Phi) is 2.88. The van der Waals surface area contributed by atoms with Crippen LogP contribution in [0.25, 0.3) is 0 Å². The van der Waals surface area contributed by atoms with E-state index in [-0.39, 0.29) is 0 Å². The van der Waals surface area contributed by atoms with Gasteiger partial charge in [0, 0.05) is 6.04 Å². The molecule has 0 atom stereocenters. The van der Waals surface area contributed by atoms with E-state index >= 15 is 0 Å². The van der Waals surface area contributed by atoms with Crippen molar-refractivity contribution in [3.8, 4) is 0 Å². The summed E-state index contributed by atoms with van der Waals surface area (Å²) in [6, 6.07) is 11.4. The minimum Gasteiger partial charge on any atom is -0.307 e. The lowest BCUT2D eigenvalue weighted by Gasteiger charge is -2.36. The fourth-order valence-electron chi connectivity index (χ4n) is 2.34. The Hall–Kier alpha value is -1.68. The van der Waals surface area contributed by atoms with Crippen molar-refractivity contribution in [2.75, 3.05) is 0 Å². The highest BCUT2D eigenvalue weighted by atomic mass is 15.2. The van der Waals surface area contributed by atoms with Crippen molar-refractivity contribution in [3.05, 3.63) is 48.0 Å². The number of hydrogen-bond donors (Lipinski definition) is 2. The average molecular weight is 228 g/mol. The molecular formula is C13H16N4. The molecule has 2 aromatic rings. The van der Waals surface area contributed by atoms with Gasteiger partial charge in [0.05, 0.1) is 6.54 Å². The molecule has 0 amide bonds. The van der Waals surface area contributed by atoms with E-state index in [1.54, 1.807) is 6.33 Å². The predicted molar refractivity (Wildman–Crippen MR) is 65.4 cm³/mol. The third-order valence-electron chi connectivity index (χ3n) is 3.43. The van der Waals surface area contributed by atoms with E-state index in [9.17, 15) is 0 Å². The first-order chi connectivity index (χ1) is 8.42. The van der Waals surface area contributed by atoms with Crippen molar-refractivity contribution in [2.24, 2.45) is 0 Å². The van der Waals surface area contributed by atoms with Crippen LogP contribution in [0.4, 0.5) is 0 Å². The zero-order valence-corrected chi connectivity index (χ0v) is 9.63. The van der Waals surface area contributed by atoms with E-state index in [1.165, 1.54) is 18.4 Å². The number of aromatic amines is 1. The molecule has 0 unspecified atom stereocenters. The third-order valence-corrected chi connectivity index (χ3v) is 3.43. The number of nitrogens with one attached hydrogen (secondary N) is 2. The molecule has 17 heavy (non-hydrogen) atoms. The quantitative estimate of drug-likeness (QED) is 0.839. The van der Waals surface area contributed by atoms with Gasteiger partial charge >= 0.3 is 0 Å². The van der Waals surface area contributed by atoms with Crippen LogP contribution in [0.5, 0.6) is 0 Å². The highest BCUT2D eigenvalue weighted by Crippen LogP contribution is 2.36. The van der Waals surface area contributed by atoms with Crippen molar-refractivity contribution in [2.45, 2.75) is 31.3 Å². The Labute approximate surface area is 100 Å². The minimum absolute atomic E-state index is 0.616. The third kappa shape index (κ3) is 2.36. The summed E-state index contributed by atoms with van der Waals surface area (Å²) in [6.07, 6.45) is 3.99. The molecule has 1 fully saturated rings. The largest absolute Gasteiger partial charge is 0.307 e. The lowest BCUT2D eigenvalue weighted by atomic mass is 9.76. The number of H-pyrrole nitrogens is 1. The lowest BCUT2D eigenvalue weighted by Crippen LogP contribution is -2.39. The zero-order valence-electron chi connectivity index (χ0n) is 9.63. The molecule has 0 radical (unpaired) electrons. The zero-order chi connectivity index (χ0) is 11.5. The molecule has 1 heterocycles. The maximum Gasteiger partial charge on any atom is 0.138 e. The molecule has 0 aliphatic heterocycles. The Morgan fingerprint density at radius 3 is 2.76 bits per heavy atom. The number of rotatable bonds is 4. The van der Waals surface area contributed by atoms with Crippen molar-refractivity contribution in [1.29, 1.82) is 0 Å². The molecule has 4 heteroatoms. The van der Waals surface area contributed by atoms with Crippen molar-refractivity contribution in [1.82, 2.24) is 20.5 Å². The lowest BCUT2D eigenvalue weighted by molar-refractivity contribution is 0.287. The Bertz CT molecular complexity index is 446. The highest BCUT2D eigenvalue weighted by Gasteiger charge is 2.29. The maximum atomic E-state index is 4.09. The van der Waals surface area contributed by atoms with Gasteiger partial charge in [-0.3, -0.25) is 5.10 Å². The fraction of sp³-hybridized carbons (Fsp3) is 0.385. The average Bonchev–Trinajstić information content (AvgIpc) is 2.81. The topological polar surface area (TPSA) is 53.6 Å². The van der Waals surface area contributed by atoms with Crippen molar-refractivity contribution >= 4 is 0 Å². The van der Waals surface area contributed by atoms with Gasteiger partial charge in [-0.2, -0.15) is 5.10 Å². The molecule has 3 rings (SSSR count). The molecule has 0 saturated heterocycles. The van der Waals surface area contributed by atoms with E-state index in [0.29, 0.717) is 6.04 Å². The second kappa shape index (κ2) is 4.67. The molecule has 88 valence electrons. The summed E-state index contributed by atoms with van der Waals surface area (Å²) in [5, 5.41) is 10.2. The second-order valence-electron chi connectivity index (χ2n) is 4.59. The van der Waals surface area contributed by atoms with Crippen LogP contribution < -0.4 is 5.32 Å². The van der Waals surface area contributed by atoms with Crippen LogP contribution in [0.1, 0.15) is 30.1 Å². The molecule has 2 N–H and O–H groups in total. The molecule has 0 spiro atoms. The number of aromatic nitrogens is 3. The first-order valence-corrected chi connectivity index (χ1v) is 6.04. The second-order valence-corrected chi connectivity index (χ2v) is 4.59. The summed E-state index contributed by atoms with van der Waals surface area (Å²) >= 11 is 0. The summed E-state index contributed by atoms with van der Waals surface area (Å²) in [7, 11) is 0. The van der Waals surface area contributed by atoms with Gasteiger partial charge in [0.2, 0.25) is 0 Å². The Morgan fingerprint density at radius 1 is 1.24 bits per heavy atom. The number of hydrogen-bond acceptors (Lipinski definition) is 3. The van der Waals surface area contributed by atoms with Gasteiger partial charge in [-0.25, -0.2) is 4.98 Å². The molecule has 1 saturated carbocycles. The van der Waals surface area contributed by atoms with E-state index in [4.69, 9.17) is 0 Å². The number of nitrogens with zero attached hydrogens (tertiary/aromatic N) is 2. The summed E-state index contributed by atoms with van der Waals surface area (Å²) < 4.78 is 0. The van der Waals surface area contributed by atoms with Gasteiger partial charge < -0.3 is 5.32 Å². The Morgan fingerprint density at radius 2 is 2.06 bits per heavy atom. The molecule has 1 aliphatic rings. The van der Waals surface area contributed by atoms with Crippen LogP contribution in [0.2, 0.25) is 0 Å². The predicted octanol–water partition coefficient (Wildman–Crippen LogP) is 1.84. The normalized spacial score (nSPS) is 23.3. The minimum atomic E-state index is 0.616. The molecule has 1 aromatic carbocycles. The van der Waals surface area contributed by atoms with E-state index < -0.39 is 0 Å². The Balaban J connectivity index is 1.46. The molecular weight excluding hydrogens is 212 g/mol.